The van der Waals surface area contributed by atoms with Gasteiger partial charge in [0, 0.05) is 0 Å². The third-order valence-electron chi connectivity index (χ3n) is 3.30. The van der Waals surface area contributed by atoms with Gasteiger partial charge in [0.2, 0.25) is 0 Å². The molecule has 0 saturated carbocycles. The van der Waals surface area contributed by atoms with E-state index in [1.54, 1.807) is 13.0 Å². The van der Waals surface area contributed by atoms with Crippen LogP contribution in [0.1, 0.15) is 40.4 Å². The van der Waals surface area contributed by atoms with Crippen LogP contribution in [0.15, 0.2) is 42.5 Å². The molecule has 0 nitrogen and oxygen atoms in total. The number of aryl methyl sites for hydroxylation is 2. The summed E-state index contributed by atoms with van der Waals surface area (Å²) in [7, 11) is 0. The highest BCUT2D eigenvalue weighted by Crippen LogP contribution is 2.31. The van der Waals surface area contributed by atoms with Gasteiger partial charge in [0.05, 0.1) is 4.83 Å². The Morgan fingerprint density at radius 3 is 2.26 bits per heavy atom. The van der Waals surface area contributed by atoms with E-state index in [0.29, 0.717) is 5.56 Å². The standard InChI is InChI=1S/C17H18BrF/c1-3-4-13-6-9-14(10-7-13)17(18)15-8-5-12(2)16(19)11-15/h5-11,17H,3-4H2,1-2H3. The van der Waals surface area contributed by atoms with Gasteiger partial charge in [0.15, 0.2) is 0 Å². The van der Waals surface area contributed by atoms with Crippen LogP contribution in [0.25, 0.3) is 0 Å². The van der Waals surface area contributed by atoms with Crippen LogP contribution in [0.2, 0.25) is 0 Å². The van der Waals surface area contributed by atoms with Crippen LogP contribution in [0.4, 0.5) is 4.39 Å². The smallest absolute Gasteiger partial charge is 0.126 e. The molecule has 0 fully saturated rings. The lowest BCUT2D eigenvalue weighted by Crippen LogP contribution is -1.95. The Balaban J connectivity index is 2.22. The first-order valence-electron chi connectivity index (χ1n) is 6.60. The van der Waals surface area contributed by atoms with Crippen molar-refractivity contribution in [3.63, 3.8) is 0 Å². The van der Waals surface area contributed by atoms with Crippen molar-refractivity contribution in [2.45, 2.75) is 31.5 Å². The van der Waals surface area contributed by atoms with Crippen molar-refractivity contribution in [2.24, 2.45) is 0 Å². The summed E-state index contributed by atoms with van der Waals surface area (Å²) < 4.78 is 13.6. The predicted molar refractivity (Wildman–Crippen MR) is 82.3 cm³/mol. The molecule has 100 valence electrons. The van der Waals surface area contributed by atoms with E-state index in [-0.39, 0.29) is 10.6 Å². The molecule has 2 aromatic rings. The number of hydrogen-bond donors (Lipinski definition) is 0. The zero-order valence-electron chi connectivity index (χ0n) is 11.3. The Bertz CT molecular complexity index is 546. The summed E-state index contributed by atoms with van der Waals surface area (Å²) >= 11 is 3.65. The minimum Gasteiger partial charge on any atom is -0.207 e. The maximum Gasteiger partial charge on any atom is 0.126 e. The molecule has 2 heteroatoms. The van der Waals surface area contributed by atoms with E-state index < -0.39 is 0 Å². The lowest BCUT2D eigenvalue weighted by molar-refractivity contribution is 0.616. The molecule has 1 unspecified atom stereocenters. The van der Waals surface area contributed by atoms with Crippen molar-refractivity contribution in [3.05, 3.63) is 70.5 Å². The minimum absolute atomic E-state index is 0.0401. The zero-order chi connectivity index (χ0) is 13.8. The monoisotopic (exact) mass is 320 g/mol. The van der Waals surface area contributed by atoms with Gasteiger partial charge in [-0.05, 0) is 41.7 Å². The fraction of sp³-hybridized carbons (Fsp3) is 0.294. The molecular formula is C17H18BrF. The topological polar surface area (TPSA) is 0 Å². The maximum absolute atomic E-state index is 13.6. The zero-order valence-corrected chi connectivity index (χ0v) is 12.9. The molecule has 1 atom stereocenters. The molecule has 0 saturated heterocycles. The first kappa shape index (κ1) is 14.3. The molecule has 0 bridgehead atoms. The van der Waals surface area contributed by atoms with Crippen LogP contribution >= 0.6 is 15.9 Å². The number of halogens is 2. The lowest BCUT2D eigenvalue weighted by Gasteiger charge is -2.12. The van der Waals surface area contributed by atoms with Gasteiger partial charge < -0.3 is 0 Å². The average Bonchev–Trinajstić information content (AvgIpc) is 2.42. The van der Waals surface area contributed by atoms with Crippen LogP contribution in [-0.2, 0) is 6.42 Å². The molecule has 0 N–H and O–H groups in total. The van der Waals surface area contributed by atoms with Crippen LogP contribution in [0.3, 0.4) is 0 Å². The quantitative estimate of drug-likeness (QED) is 0.646. The molecule has 0 heterocycles. The van der Waals surface area contributed by atoms with Gasteiger partial charge >= 0.3 is 0 Å². The summed E-state index contributed by atoms with van der Waals surface area (Å²) in [5.41, 5.74) is 4.14. The van der Waals surface area contributed by atoms with E-state index in [4.69, 9.17) is 0 Å². The minimum atomic E-state index is -0.149. The lowest BCUT2D eigenvalue weighted by atomic mass is 10.0. The van der Waals surface area contributed by atoms with Crippen molar-refractivity contribution in [1.29, 1.82) is 0 Å². The second-order valence-electron chi connectivity index (χ2n) is 4.86. The molecule has 0 aliphatic rings. The van der Waals surface area contributed by atoms with Gasteiger partial charge in [-0.25, -0.2) is 4.39 Å². The van der Waals surface area contributed by atoms with E-state index in [9.17, 15) is 4.39 Å². The Hall–Kier alpha value is -1.15. The van der Waals surface area contributed by atoms with Gasteiger partial charge in [-0.15, -0.1) is 0 Å². The first-order valence-corrected chi connectivity index (χ1v) is 7.52. The van der Waals surface area contributed by atoms with Crippen LogP contribution in [-0.4, -0.2) is 0 Å². The molecule has 2 aromatic carbocycles. The highest BCUT2D eigenvalue weighted by molar-refractivity contribution is 9.09. The van der Waals surface area contributed by atoms with Crippen LogP contribution < -0.4 is 0 Å². The first-order chi connectivity index (χ1) is 9.11. The van der Waals surface area contributed by atoms with E-state index in [2.05, 4.69) is 47.1 Å². The fourth-order valence-corrected chi connectivity index (χ4v) is 2.69. The molecule has 19 heavy (non-hydrogen) atoms. The fourth-order valence-electron chi connectivity index (χ4n) is 2.10. The van der Waals surface area contributed by atoms with Gasteiger partial charge in [-0.1, -0.05) is 65.7 Å². The number of rotatable bonds is 4. The second-order valence-corrected chi connectivity index (χ2v) is 5.78. The number of hydrogen-bond acceptors (Lipinski definition) is 0. The Kier molecular flexibility index (Phi) is 4.76. The molecule has 0 amide bonds. The van der Waals surface area contributed by atoms with Gasteiger partial charge in [0.1, 0.15) is 5.82 Å². The molecule has 2 rings (SSSR count). The predicted octanol–water partition coefficient (Wildman–Crippen LogP) is 5.57. The summed E-state index contributed by atoms with van der Waals surface area (Å²) in [5, 5.41) is 0. The average molecular weight is 321 g/mol. The Morgan fingerprint density at radius 1 is 1.05 bits per heavy atom. The van der Waals surface area contributed by atoms with Crippen molar-refractivity contribution in [2.75, 3.05) is 0 Å². The molecule has 0 aliphatic heterocycles. The molecule has 0 aromatic heterocycles. The third-order valence-corrected chi connectivity index (χ3v) is 4.36. The van der Waals surface area contributed by atoms with Gasteiger partial charge in [0.25, 0.3) is 0 Å². The summed E-state index contributed by atoms with van der Waals surface area (Å²) in [6.45, 7) is 3.96. The number of benzene rings is 2. The summed E-state index contributed by atoms with van der Waals surface area (Å²) in [6, 6.07) is 13.9. The van der Waals surface area contributed by atoms with Gasteiger partial charge in [-0.3, -0.25) is 0 Å². The van der Waals surface area contributed by atoms with E-state index in [1.807, 2.05) is 12.1 Å². The number of alkyl halides is 1. The van der Waals surface area contributed by atoms with Crippen molar-refractivity contribution >= 4 is 15.9 Å². The summed E-state index contributed by atoms with van der Waals surface area (Å²) in [4.78, 5) is 0.0401. The SMILES string of the molecule is CCCc1ccc(C(Br)c2ccc(C)c(F)c2)cc1. The van der Waals surface area contributed by atoms with Crippen LogP contribution in [0, 0.1) is 12.7 Å². The highest BCUT2D eigenvalue weighted by atomic mass is 79.9. The summed E-state index contributed by atoms with van der Waals surface area (Å²) in [5.74, 6) is -0.149. The molecule has 0 radical (unpaired) electrons. The Labute approximate surface area is 122 Å². The van der Waals surface area contributed by atoms with Crippen molar-refractivity contribution < 1.29 is 4.39 Å². The summed E-state index contributed by atoms with van der Waals surface area (Å²) in [6.07, 6.45) is 2.26. The van der Waals surface area contributed by atoms with Crippen LogP contribution in [0.5, 0.6) is 0 Å². The third kappa shape index (κ3) is 3.44. The van der Waals surface area contributed by atoms with E-state index >= 15 is 0 Å². The van der Waals surface area contributed by atoms with E-state index in [0.717, 1.165) is 24.0 Å². The highest BCUT2D eigenvalue weighted by Gasteiger charge is 2.11. The molecular weight excluding hydrogens is 303 g/mol. The van der Waals surface area contributed by atoms with Gasteiger partial charge in [-0.2, -0.15) is 0 Å². The normalized spacial score (nSPS) is 12.4. The largest absolute Gasteiger partial charge is 0.207 e. The maximum atomic E-state index is 13.6. The second kappa shape index (κ2) is 6.33. The Morgan fingerprint density at radius 2 is 1.68 bits per heavy atom. The van der Waals surface area contributed by atoms with E-state index in [1.165, 1.54) is 5.56 Å². The van der Waals surface area contributed by atoms with Crippen molar-refractivity contribution in [1.82, 2.24) is 0 Å². The van der Waals surface area contributed by atoms with Crippen molar-refractivity contribution in [3.8, 4) is 0 Å². The molecule has 0 spiro atoms. The molecule has 0 aliphatic carbocycles.